The van der Waals surface area contributed by atoms with Crippen molar-refractivity contribution in [3.63, 3.8) is 0 Å². The lowest BCUT2D eigenvalue weighted by atomic mass is 9.94. The van der Waals surface area contributed by atoms with Gasteiger partial charge in [-0.15, -0.1) is 0 Å². The Hall–Kier alpha value is -2.69. The molecule has 1 aliphatic rings. The number of carbonyl (C=O) groups is 2. The third kappa shape index (κ3) is 4.35. The maximum atomic E-state index is 12.9. The van der Waals surface area contributed by atoms with E-state index in [1.807, 2.05) is 48.7 Å². The summed E-state index contributed by atoms with van der Waals surface area (Å²) in [6, 6.07) is 13.3. The van der Waals surface area contributed by atoms with Crippen LogP contribution in [0.15, 0.2) is 48.7 Å². The number of hydrogen-bond acceptors (Lipinski definition) is 3. The fraction of sp³-hybridized carbons (Fsp3) is 0.409. The van der Waals surface area contributed by atoms with Gasteiger partial charge in [0.1, 0.15) is 0 Å². The summed E-state index contributed by atoms with van der Waals surface area (Å²) in [6.07, 6.45) is 3.79. The summed E-state index contributed by atoms with van der Waals surface area (Å²) in [5, 5.41) is 12.5. The van der Waals surface area contributed by atoms with Crippen molar-refractivity contribution in [1.82, 2.24) is 10.3 Å². The average Bonchev–Trinajstić information content (AvgIpc) is 3.17. The fourth-order valence-electron chi connectivity index (χ4n) is 3.72. The minimum atomic E-state index is -0.886. The molecule has 1 aliphatic carbocycles. The molecule has 3 atom stereocenters. The summed E-state index contributed by atoms with van der Waals surface area (Å²) in [6.45, 7) is 4.22. The van der Waals surface area contributed by atoms with Crippen LogP contribution in [-0.2, 0) is 9.59 Å². The molecule has 1 heterocycles. The first-order chi connectivity index (χ1) is 13.0. The molecule has 1 aromatic carbocycles. The molecule has 0 bridgehead atoms. The number of carboxylic acids is 1. The zero-order valence-electron chi connectivity index (χ0n) is 15.8. The van der Waals surface area contributed by atoms with E-state index in [0.717, 1.165) is 23.2 Å². The molecule has 1 aromatic heterocycles. The van der Waals surface area contributed by atoms with E-state index in [4.69, 9.17) is 0 Å². The summed E-state index contributed by atoms with van der Waals surface area (Å²) in [4.78, 5) is 28.9. The van der Waals surface area contributed by atoms with Gasteiger partial charge in [0.25, 0.3) is 0 Å². The van der Waals surface area contributed by atoms with Crippen molar-refractivity contribution in [2.24, 2.45) is 11.8 Å². The standard InChI is InChI=1S/C22H26N2O3/c1-14(2)16-11-12-19(23-13-16)20(15-7-4-3-5-8-15)24-21(25)17-9-6-10-18(17)22(26)27/h3-5,7-8,11-14,17-18,20H,6,9-10H2,1-2H3,(H,24,25)(H,26,27)/t17-,18+,20+/m1/s1. The second-order valence-corrected chi connectivity index (χ2v) is 7.51. The van der Waals surface area contributed by atoms with E-state index in [0.29, 0.717) is 18.8 Å². The molecule has 0 aliphatic heterocycles. The fourth-order valence-corrected chi connectivity index (χ4v) is 3.72. The summed E-state index contributed by atoms with van der Waals surface area (Å²) >= 11 is 0. The molecule has 1 amide bonds. The number of pyridine rings is 1. The summed E-state index contributed by atoms with van der Waals surface area (Å²) < 4.78 is 0. The molecule has 2 N–H and O–H groups in total. The highest BCUT2D eigenvalue weighted by atomic mass is 16.4. The van der Waals surface area contributed by atoms with Crippen molar-refractivity contribution in [2.75, 3.05) is 0 Å². The van der Waals surface area contributed by atoms with Crippen LogP contribution in [0.5, 0.6) is 0 Å². The maximum absolute atomic E-state index is 12.9. The molecular formula is C22H26N2O3. The van der Waals surface area contributed by atoms with Gasteiger partial charge >= 0.3 is 5.97 Å². The topological polar surface area (TPSA) is 79.3 Å². The third-order valence-corrected chi connectivity index (χ3v) is 5.36. The first kappa shape index (κ1) is 19.1. The first-order valence-corrected chi connectivity index (χ1v) is 9.51. The number of aliphatic carboxylic acids is 1. The lowest BCUT2D eigenvalue weighted by molar-refractivity contribution is -0.146. The number of carboxylic acid groups (broad SMARTS) is 1. The molecule has 3 rings (SSSR count). The van der Waals surface area contributed by atoms with Crippen LogP contribution in [0.25, 0.3) is 0 Å². The van der Waals surface area contributed by atoms with Crippen molar-refractivity contribution < 1.29 is 14.7 Å². The van der Waals surface area contributed by atoms with Gasteiger partial charge in [-0.05, 0) is 36.0 Å². The van der Waals surface area contributed by atoms with Gasteiger partial charge in [-0.2, -0.15) is 0 Å². The van der Waals surface area contributed by atoms with Crippen molar-refractivity contribution in [3.05, 3.63) is 65.5 Å². The number of amides is 1. The Kier molecular flexibility index (Phi) is 5.89. The highest BCUT2D eigenvalue weighted by Gasteiger charge is 2.38. The van der Waals surface area contributed by atoms with Crippen LogP contribution >= 0.6 is 0 Å². The van der Waals surface area contributed by atoms with Gasteiger partial charge in [0.2, 0.25) is 5.91 Å². The number of nitrogens with one attached hydrogen (secondary N) is 1. The van der Waals surface area contributed by atoms with E-state index in [2.05, 4.69) is 24.1 Å². The van der Waals surface area contributed by atoms with E-state index in [9.17, 15) is 14.7 Å². The summed E-state index contributed by atoms with van der Waals surface area (Å²) in [5.74, 6) is -1.79. The first-order valence-electron chi connectivity index (χ1n) is 9.51. The van der Waals surface area contributed by atoms with Gasteiger partial charge < -0.3 is 10.4 Å². The molecule has 5 heteroatoms. The van der Waals surface area contributed by atoms with Crippen LogP contribution in [0.4, 0.5) is 0 Å². The number of benzene rings is 1. The number of nitrogens with zero attached hydrogens (tertiary/aromatic N) is 1. The van der Waals surface area contributed by atoms with E-state index in [1.54, 1.807) is 0 Å². The highest BCUT2D eigenvalue weighted by Crippen LogP contribution is 2.33. The van der Waals surface area contributed by atoms with Gasteiger partial charge in [-0.25, -0.2) is 0 Å². The Morgan fingerprint density at radius 3 is 2.33 bits per heavy atom. The molecule has 0 spiro atoms. The van der Waals surface area contributed by atoms with Crippen molar-refractivity contribution in [3.8, 4) is 0 Å². The number of carbonyl (C=O) groups excluding carboxylic acids is 1. The van der Waals surface area contributed by atoms with Crippen LogP contribution in [0.1, 0.15) is 61.9 Å². The summed E-state index contributed by atoms with van der Waals surface area (Å²) in [7, 11) is 0. The molecule has 0 unspecified atom stereocenters. The third-order valence-electron chi connectivity index (χ3n) is 5.36. The second-order valence-electron chi connectivity index (χ2n) is 7.51. The lowest BCUT2D eigenvalue weighted by Crippen LogP contribution is -2.38. The molecule has 142 valence electrons. The predicted molar refractivity (Wildman–Crippen MR) is 103 cm³/mol. The average molecular weight is 366 g/mol. The van der Waals surface area contributed by atoms with Gasteiger partial charge in [-0.1, -0.05) is 56.7 Å². The zero-order chi connectivity index (χ0) is 19.4. The quantitative estimate of drug-likeness (QED) is 0.812. The number of rotatable bonds is 6. The van der Waals surface area contributed by atoms with Gasteiger partial charge in [0, 0.05) is 6.20 Å². The molecule has 0 saturated heterocycles. The molecule has 2 aromatic rings. The molecule has 27 heavy (non-hydrogen) atoms. The Balaban J connectivity index is 1.87. The Bertz CT molecular complexity index is 787. The van der Waals surface area contributed by atoms with Gasteiger partial charge in [0.15, 0.2) is 0 Å². The van der Waals surface area contributed by atoms with Crippen molar-refractivity contribution >= 4 is 11.9 Å². The highest BCUT2D eigenvalue weighted by molar-refractivity contribution is 5.85. The SMILES string of the molecule is CC(C)c1ccc([C@@H](NC(=O)[C@@H]2CCC[C@@H]2C(=O)O)c2ccccc2)nc1. The van der Waals surface area contributed by atoms with E-state index < -0.39 is 23.8 Å². The molecule has 5 nitrogen and oxygen atoms in total. The van der Waals surface area contributed by atoms with Crippen LogP contribution < -0.4 is 5.32 Å². The van der Waals surface area contributed by atoms with Gasteiger partial charge in [0.05, 0.1) is 23.6 Å². The Morgan fingerprint density at radius 2 is 1.74 bits per heavy atom. The minimum Gasteiger partial charge on any atom is -0.481 e. The molecule has 1 fully saturated rings. The summed E-state index contributed by atoms with van der Waals surface area (Å²) in [5.41, 5.74) is 2.82. The van der Waals surface area contributed by atoms with E-state index in [-0.39, 0.29) is 5.91 Å². The smallest absolute Gasteiger partial charge is 0.307 e. The number of hydrogen-bond donors (Lipinski definition) is 2. The zero-order valence-corrected chi connectivity index (χ0v) is 15.8. The van der Waals surface area contributed by atoms with Crippen molar-refractivity contribution in [1.29, 1.82) is 0 Å². The Labute approximate surface area is 159 Å². The lowest BCUT2D eigenvalue weighted by Gasteiger charge is -2.23. The molecular weight excluding hydrogens is 340 g/mol. The van der Waals surface area contributed by atoms with Crippen LogP contribution in [0, 0.1) is 11.8 Å². The molecule has 1 saturated carbocycles. The van der Waals surface area contributed by atoms with Crippen molar-refractivity contribution in [2.45, 2.75) is 45.1 Å². The van der Waals surface area contributed by atoms with Crippen LogP contribution in [0.2, 0.25) is 0 Å². The second kappa shape index (κ2) is 8.33. The molecule has 0 radical (unpaired) electrons. The van der Waals surface area contributed by atoms with Crippen LogP contribution in [-0.4, -0.2) is 22.0 Å². The minimum absolute atomic E-state index is 0.205. The number of aromatic nitrogens is 1. The largest absolute Gasteiger partial charge is 0.481 e. The normalized spacial score (nSPS) is 20.4. The van der Waals surface area contributed by atoms with E-state index in [1.165, 1.54) is 0 Å². The monoisotopic (exact) mass is 366 g/mol. The predicted octanol–water partition coefficient (Wildman–Crippen LogP) is 3.91. The Morgan fingerprint density at radius 1 is 1.04 bits per heavy atom. The van der Waals surface area contributed by atoms with Crippen LogP contribution in [0.3, 0.4) is 0 Å². The van der Waals surface area contributed by atoms with Gasteiger partial charge in [-0.3, -0.25) is 14.6 Å². The van der Waals surface area contributed by atoms with E-state index >= 15 is 0 Å². The maximum Gasteiger partial charge on any atom is 0.307 e.